The molecule has 140 valence electrons. The Kier molecular flexibility index (Phi) is 6.36. The number of rotatable bonds is 7. The van der Waals surface area contributed by atoms with Crippen LogP contribution in [0.5, 0.6) is 0 Å². The summed E-state index contributed by atoms with van der Waals surface area (Å²) < 4.78 is 2.20. The average Bonchev–Trinajstić information content (AvgIpc) is 3.10. The molecule has 0 N–H and O–H groups in total. The second kappa shape index (κ2) is 8.92. The monoisotopic (exact) mass is 380 g/mol. The molecule has 27 heavy (non-hydrogen) atoms. The summed E-state index contributed by atoms with van der Waals surface area (Å²) in [7, 11) is 0. The number of alkyl halides is 1. The van der Waals surface area contributed by atoms with E-state index in [2.05, 4.69) is 48.0 Å². The highest BCUT2D eigenvalue weighted by atomic mass is 35.5. The molecule has 1 amide bonds. The molecule has 3 nitrogen and oxygen atoms in total. The molecule has 0 aliphatic carbocycles. The lowest BCUT2D eigenvalue weighted by Crippen LogP contribution is -2.35. The molecule has 0 fully saturated rings. The highest BCUT2D eigenvalue weighted by Gasteiger charge is 2.20. The van der Waals surface area contributed by atoms with Crippen molar-refractivity contribution < 1.29 is 4.79 Å². The maximum atomic E-state index is 12.7. The molecule has 0 radical (unpaired) electrons. The Hall–Kier alpha value is -2.52. The van der Waals surface area contributed by atoms with Crippen LogP contribution in [0.3, 0.4) is 0 Å². The first kappa shape index (κ1) is 19.2. The molecule has 0 saturated heterocycles. The Morgan fingerprint density at radius 3 is 2.41 bits per heavy atom. The first-order valence-corrected chi connectivity index (χ1v) is 9.63. The summed E-state index contributed by atoms with van der Waals surface area (Å²) in [6.45, 7) is 5.72. The van der Waals surface area contributed by atoms with Crippen molar-refractivity contribution in [3.05, 3.63) is 95.3 Å². The molecule has 1 aromatic heterocycles. The maximum absolute atomic E-state index is 12.7. The Morgan fingerprint density at radius 1 is 1.00 bits per heavy atom. The Labute approximate surface area is 166 Å². The molecule has 0 bridgehead atoms. The zero-order valence-electron chi connectivity index (χ0n) is 15.8. The molecule has 1 heterocycles. The zero-order valence-corrected chi connectivity index (χ0v) is 16.6. The summed E-state index contributed by atoms with van der Waals surface area (Å²) in [4.78, 5) is 14.5. The lowest BCUT2D eigenvalue weighted by molar-refractivity contribution is -0.131. The number of amides is 1. The fraction of sp³-hybridized carbons (Fsp3) is 0.261. The fourth-order valence-corrected chi connectivity index (χ4v) is 3.32. The number of halogens is 1. The number of hydrogen-bond donors (Lipinski definition) is 0. The summed E-state index contributed by atoms with van der Waals surface area (Å²) in [5.41, 5.74) is 4.74. The van der Waals surface area contributed by atoms with E-state index in [0.717, 1.165) is 17.8 Å². The third-order valence-corrected chi connectivity index (χ3v) is 4.93. The van der Waals surface area contributed by atoms with Gasteiger partial charge in [-0.1, -0.05) is 54.6 Å². The number of aryl methyl sites for hydroxylation is 1. The van der Waals surface area contributed by atoms with Crippen molar-refractivity contribution in [1.82, 2.24) is 9.47 Å². The van der Waals surface area contributed by atoms with E-state index in [1.807, 2.05) is 41.3 Å². The van der Waals surface area contributed by atoms with Crippen LogP contribution in [0, 0.1) is 6.92 Å². The van der Waals surface area contributed by atoms with Crippen molar-refractivity contribution in [2.75, 3.05) is 0 Å². The maximum Gasteiger partial charge on any atom is 0.240 e. The van der Waals surface area contributed by atoms with Crippen molar-refractivity contribution >= 4 is 17.5 Å². The van der Waals surface area contributed by atoms with Gasteiger partial charge in [-0.3, -0.25) is 4.79 Å². The molecule has 3 aromatic rings. The lowest BCUT2D eigenvalue weighted by Gasteiger charge is -2.25. The van der Waals surface area contributed by atoms with E-state index >= 15 is 0 Å². The molecule has 0 aliphatic rings. The van der Waals surface area contributed by atoms with Gasteiger partial charge in [0.1, 0.15) is 5.38 Å². The van der Waals surface area contributed by atoms with Crippen LogP contribution < -0.4 is 0 Å². The molecule has 2 aromatic carbocycles. The van der Waals surface area contributed by atoms with Crippen LogP contribution in [-0.4, -0.2) is 20.8 Å². The summed E-state index contributed by atoms with van der Waals surface area (Å²) in [6, 6.07) is 22.5. The van der Waals surface area contributed by atoms with Gasteiger partial charge < -0.3 is 9.47 Å². The van der Waals surface area contributed by atoms with E-state index in [-0.39, 0.29) is 5.91 Å². The van der Waals surface area contributed by atoms with E-state index in [0.29, 0.717) is 13.1 Å². The predicted molar refractivity (Wildman–Crippen MR) is 111 cm³/mol. The number of aromatic nitrogens is 1. The van der Waals surface area contributed by atoms with E-state index in [1.165, 1.54) is 11.1 Å². The standard InChI is InChI=1S/C23H25ClN2O/c1-18-9-6-7-12-21(18)16-25-14-8-13-22(25)17-26(23(27)19(2)24)15-20-10-4-3-5-11-20/h3-14,19H,15-17H2,1-2H3. The van der Waals surface area contributed by atoms with Gasteiger partial charge in [-0.15, -0.1) is 11.6 Å². The molecule has 0 aliphatic heterocycles. The van der Waals surface area contributed by atoms with Crippen molar-refractivity contribution in [2.24, 2.45) is 0 Å². The summed E-state index contributed by atoms with van der Waals surface area (Å²) in [5, 5.41) is -0.548. The average molecular weight is 381 g/mol. The highest BCUT2D eigenvalue weighted by molar-refractivity contribution is 6.30. The topological polar surface area (TPSA) is 25.2 Å². The van der Waals surface area contributed by atoms with E-state index < -0.39 is 5.38 Å². The van der Waals surface area contributed by atoms with Crippen LogP contribution in [0.25, 0.3) is 0 Å². The second-order valence-corrected chi connectivity index (χ2v) is 7.50. The molecular formula is C23H25ClN2O. The van der Waals surface area contributed by atoms with Gasteiger partial charge >= 0.3 is 0 Å². The van der Waals surface area contributed by atoms with Crippen LogP contribution in [0.15, 0.2) is 72.9 Å². The van der Waals surface area contributed by atoms with Crippen molar-refractivity contribution in [2.45, 2.75) is 38.9 Å². The number of carbonyl (C=O) groups is 1. The van der Waals surface area contributed by atoms with Crippen LogP contribution in [0.4, 0.5) is 0 Å². The summed E-state index contributed by atoms with van der Waals surface area (Å²) >= 11 is 6.12. The van der Waals surface area contributed by atoms with E-state index in [1.54, 1.807) is 6.92 Å². The van der Waals surface area contributed by atoms with Gasteiger partial charge in [0, 0.05) is 25.0 Å². The van der Waals surface area contributed by atoms with Gasteiger partial charge in [-0.25, -0.2) is 0 Å². The number of nitrogens with zero attached hydrogens (tertiary/aromatic N) is 2. The van der Waals surface area contributed by atoms with Gasteiger partial charge in [0.2, 0.25) is 5.91 Å². The molecule has 4 heteroatoms. The zero-order chi connectivity index (χ0) is 19.2. The van der Waals surface area contributed by atoms with Gasteiger partial charge in [0.05, 0.1) is 6.54 Å². The van der Waals surface area contributed by atoms with Crippen LogP contribution in [-0.2, 0) is 24.4 Å². The Balaban J connectivity index is 1.81. The number of benzene rings is 2. The SMILES string of the molecule is Cc1ccccc1Cn1cccc1CN(Cc1ccccc1)C(=O)C(C)Cl. The van der Waals surface area contributed by atoms with E-state index in [4.69, 9.17) is 11.6 Å². The summed E-state index contributed by atoms with van der Waals surface area (Å²) in [6.07, 6.45) is 2.07. The molecule has 1 unspecified atom stereocenters. The third kappa shape index (κ3) is 5.01. The lowest BCUT2D eigenvalue weighted by atomic mass is 10.1. The largest absolute Gasteiger partial charge is 0.345 e. The number of carbonyl (C=O) groups excluding carboxylic acids is 1. The first-order chi connectivity index (χ1) is 13.0. The molecule has 3 rings (SSSR count). The van der Waals surface area contributed by atoms with Crippen LogP contribution >= 0.6 is 11.6 Å². The van der Waals surface area contributed by atoms with Crippen LogP contribution in [0.2, 0.25) is 0 Å². The van der Waals surface area contributed by atoms with Crippen LogP contribution in [0.1, 0.15) is 29.3 Å². The quantitative estimate of drug-likeness (QED) is 0.529. The molecule has 0 saturated carbocycles. The minimum atomic E-state index is -0.548. The summed E-state index contributed by atoms with van der Waals surface area (Å²) in [5.74, 6) is -0.0517. The van der Waals surface area contributed by atoms with Gasteiger partial charge in [0.25, 0.3) is 0 Å². The molecule has 0 spiro atoms. The van der Waals surface area contributed by atoms with Gasteiger partial charge in [-0.2, -0.15) is 0 Å². The first-order valence-electron chi connectivity index (χ1n) is 9.20. The third-order valence-electron chi connectivity index (χ3n) is 4.75. The molecule has 1 atom stereocenters. The predicted octanol–water partition coefficient (Wildman–Crippen LogP) is 5.00. The Morgan fingerprint density at radius 2 is 1.70 bits per heavy atom. The minimum Gasteiger partial charge on any atom is -0.345 e. The van der Waals surface area contributed by atoms with Gasteiger partial charge in [0.15, 0.2) is 0 Å². The van der Waals surface area contributed by atoms with Crippen molar-refractivity contribution in [3.63, 3.8) is 0 Å². The van der Waals surface area contributed by atoms with E-state index in [9.17, 15) is 4.79 Å². The Bertz CT molecular complexity index is 886. The van der Waals surface area contributed by atoms with Crippen molar-refractivity contribution in [3.8, 4) is 0 Å². The molecular weight excluding hydrogens is 356 g/mol. The highest BCUT2D eigenvalue weighted by Crippen LogP contribution is 2.16. The number of hydrogen-bond acceptors (Lipinski definition) is 1. The van der Waals surface area contributed by atoms with Crippen molar-refractivity contribution in [1.29, 1.82) is 0 Å². The minimum absolute atomic E-state index is 0.0517. The normalized spacial score (nSPS) is 12.0. The smallest absolute Gasteiger partial charge is 0.240 e. The van der Waals surface area contributed by atoms with Gasteiger partial charge in [-0.05, 0) is 42.7 Å². The second-order valence-electron chi connectivity index (χ2n) is 6.85. The fourth-order valence-electron chi connectivity index (χ4n) is 3.18.